The third kappa shape index (κ3) is 4.15. The van der Waals surface area contributed by atoms with E-state index < -0.39 is 0 Å². The van der Waals surface area contributed by atoms with E-state index in [4.69, 9.17) is 0 Å². The highest BCUT2D eigenvalue weighted by atomic mass is 32.2. The topological polar surface area (TPSA) is 28.2 Å². The predicted molar refractivity (Wildman–Crippen MR) is 98.7 cm³/mol. The maximum absolute atomic E-state index is 4.07. The van der Waals surface area contributed by atoms with Gasteiger partial charge in [0.2, 0.25) is 0 Å². The van der Waals surface area contributed by atoms with Crippen molar-refractivity contribution >= 4 is 16.9 Å². The average molecular weight is 325 g/mol. The fraction of sp³-hybridized carbons (Fsp3) is 0.316. The predicted octanol–water partition coefficient (Wildman–Crippen LogP) is 3.95. The number of benzene rings is 1. The van der Waals surface area contributed by atoms with Crippen LogP contribution in [0.5, 0.6) is 0 Å². The maximum Gasteiger partial charge on any atom is 0.0506 e. The van der Waals surface area contributed by atoms with Crippen molar-refractivity contribution in [3.8, 4) is 0 Å². The first-order valence-electron chi connectivity index (χ1n) is 8.10. The molecule has 0 fully saturated rings. The largest absolute Gasteiger partial charge is 0.386 e. The summed E-state index contributed by atoms with van der Waals surface area (Å²) >= 11 is 1.87. The van der Waals surface area contributed by atoms with Gasteiger partial charge in [0.25, 0.3) is 0 Å². The molecule has 1 aliphatic rings. The number of nitrogens with zero attached hydrogens (tertiary/aromatic N) is 2. The third-order valence-electron chi connectivity index (χ3n) is 3.91. The molecule has 2 heterocycles. The molecule has 1 N–H and O–H groups in total. The molecule has 120 valence electrons. The van der Waals surface area contributed by atoms with Crippen LogP contribution in [0.3, 0.4) is 0 Å². The molecule has 3 rings (SSSR count). The van der Waals surface area contributed by atoms with Gasteiger partial charge < -0.3 is 5.32 Å². The van der Waals surface area contributed by atoms with E-state index in [1.807, 2.05) is 24.3 Å². The van der Waals surface area contributed by atoms with Gasteiger partial charge in [-0.2, -0.15) is 0 Å². The molecule has 1 aromatic carbocycles. The van der Waals surface area contributed by atoms with Crippen molar-refractivity contribution in [1.82, 2.24) is 14.6 Å². The summed E-state index contributed by atoms with van der Waals surface area (Å²) in [6.07, 6.45) is 4.73. The number of hydrogen-bond donors (Lipinski definition) is 1. The summed E-state index contributed by atoms with van der Waals surface area (Å²) in [4.78, 5) is 5.43. The Bertz CT molecular complexity index is 653. The van der Waals surface area contributed by atoms with Gasteiger partial charge in [-0.25, -0.2) is 4.31 Å². The highest BCUT2D eigenvalue weighted by molar-refractivity contribution is 8.06. The standard InChI is InChI=1S/C19H23N3S/c1-15(2)22-14-18(19(23-22)17-6-4-3-5-7-17)21-13-10-16-8-11-20-12-9-16/h3-9,11-12,15,21H,10,13-14H2,1-2H3. The van der Waals surface area contributed by atoms with Crippen LogP contribution >= 0.6 is 11.9 Å². The first-order valence-corrected chi connectivity index (χ1v) is 8.87. The lowest BCUT2D eigenvalue weighted by atomic mass is 10.1. The van der Waals surface area contributed by atoms with E-state index in [-0.39, 0.29) is 0 Å². The molecular weight excluding hydrogens is 302 g/mol. The Morgan fingerprint density at radius 3 is 2.57 bits per heavy atom. The van der Waals surface area contributed by atoms with Gasteiger partial charge in [-0.3, -0.25) is 4.98 Å². The highest BCUT2D eigenvalue weighted by Crippen LogP contribution is 2.40. The molecule has 0 atom stereocenters. The van der Waals surface area contributed by atoms with E-state index in [2.05, 4.69) is 70.9 Å². The van der Waals surface area contributed by atoms with E-state index >= 15 is 0 Å². The molecule has 3 nitrogen and oxygen atoms in total. The Morgan fingerprint density at radius 1 is 1.13 bits per heavy atom. The molecule has 4 heteroatoms. The number of nitrogens with one attached hydrogen (secondary N) is 1. The number of hydrogen-bond acceptors (Lipinski definition) is 4. The van der Waals surface area contributed by atoms with Crippen molar-refractivity contribution in [3.63, 3.8) is 0 Å². The van der Waals surface area contributed by atoms with Crippen LogP contribution in [0.25, 0.3) is 4.91 Å². The fourth-order valence-electron chi connectivity index (χ4n) is 2.58. The van der Waals surface area contributed by atoms with Gasteiger partial charge in [0.05, 0.1) is 11.4 Å². The Kier molecular flexibility index (Phi) is 5.36. The first kappa shape index (κ1) is 16.1. The Hall–Kier alpha value is -1.78. The summed E-state index contributed by atoms with van der Waals surface area (Å²) in [6, 6.07) is 15.4. The van der Waals surface area contributed by atoms with E-state index in [0.717, 1.165) is 19.5 Å². The van der Waals surface area contributed by atoms with Gasteiger partial charge in [0.15, 0.2) is 0 Å². The molecular formula is C19H23N3S. The lowest BCUT2D eigenvalue weighted by molar-refractivity contribution is 0.425. The molecule has 1 aromatic heterocycles. The summed E-state index contributed by atoms with van der Waals surface area (Å²) in [5, 5.41) is 3.66. The zero-order valence-electron chi connectivity index (χ0n) is 13.7. The second-order valence-corrected chi connectivity index (χ2v) is 7.03. The SMILES string of the molecule is CC(C)N1CC(NCCc2ccncc2)=C(c2ccccc2)S1. The smallest absolute Gasteiger partial charge is 0.0506 e. The molecule has 0 amide bonds. The molecule has 0 unspecified atom stereocenters. The number of aromatic nitrogens is 1. The summed E-state index contributed by atoms with van der Waals surface area (Å²) in [6.45, 7) is 6.41. The van der Waals surface area contributed by atoms with E-state index in [1.54, 1.807) is 0 Å². The molecule has 2 aromatic rings. The van der Waals surface area contributed by atoms with Crippen molar-refractivity contribution in [1.29, 1.82) is 0 Å². The van der Waals surface area contributed by atoms with Crippen LogP contribution in [-0.4, -0.2) is 28.4 Å². The quantitative estimate of drug-likeness (QED) is 0.814. The minimum Gasteiger partial charge on any atom is -0.386 e. The Morgan fingerprint density at radius 2 is 1.87 bits per heavy atom. The van der Waals surface area contributed by atoms with Gasteiger partial charge in [-0.1, -0.05) is 30.3 Å². The molecule has 0 saturated carbocycles. The van der Waals surface area contributed by atoms with Crippen molar-refractivity contribution in [2.24, 2.45) is 0 Å². The second kappa shape index (κ2) is 7.66. The molecule has 0 radical (unpaired) electrons. The molecule has 0 spiro atoms. The van der Waals surface area contributed by atoms with Crippen LogP contribution in [-0.2, 0) is 6.42 Å². The minimum atomic E-state index is 0.526. The van der Waals surface area contributed by atoms with Crippen LogP contribution < -0.4 is 5.32 Å². The summed E-state index contributed by atoms with van der Waals surface area (Å²) in [5.41, 5.74) is 3.96. The maximum atomic E-state index is 4.07. The molecule has 0 bridgehead atoms. The summed E-state index contributed by atoms with van der Waals surface area (Å²) in [5.74, 6) is 0. The van der Waals surface area contributed by atoms with Gasteiger partial charge in [0, 0.05) is 30.7 Å². The van der Waals surface area contributed by atoms with Crippen molar-refractivity contribution < 1.29 is 0 Å². The summed E-state index contributed by atoms with van der Waals surface area (Å²) in [7, 11) is 0. The Labute approximate surface area is 143 Å². The van der Waals surface area contributed by atoms with E-state index in [1.165, 1.54) is 21.7 Å². The van der Waals surface area contributed by atoms with Gasteiger partial charge in [-0.05, 0) is 55.5 Å². The van der Waals surface area contributed by atoms with Gasteiger partial charge in [0.1, 0.15) is 0 Å². The van der Waals surface area contributed by atoms with Crippen LogP contribution in [0.4, 0.5) is 0 Å². The minimum absolute atomic E-state index is 0.526. The zero-order valence-corrected chi connectivity index (χ0v) is 14.5. The van der Waals surface area contributed by atoms with Crippen LogP contribution in [0.2, 0.25) is 0 Å². The molecule has 0 aliphatic carbocycles. The van der Waals surface area contributed by atoms with Gasteiger partial charge >= 0.3 is 0 Å². The summed E-state index contributed by atoms with van der Waals surface area (Å²) < 4.78 is 2.43. The molecule has 1 aliphatic heterocycles. The lowest BCUT2D eigenvalue weighted by Gasteiger charge is -2.19. The monoisotopic (exact) mass is 325 g/mol. The zero-order chi connectivity index (χ0) is 16.1. The average Bonchev–Trinajstić information content (AvgIpc) is 3.01. The number of rotatable bonds is 6. The third-order valence-corrected chi connectivity index (χ3v) is 5.36. The fourth-order valence-corrected chi connectivity index (χ4v) is 3.71. The van der Waals surface area contributed by atoms with E-state index in [9.17, 15) is 0 Å². The van der Waals surface area contributed by atoms with Crippen LogP contribution in [0.15, 0.2) is 60.6 Å². The van der Waals surface area contributed by atoms with E-state index in [0.29, 0.717) is 6.04 Å². The molecule has 23 heavy (non-hydrogen) atoms. The van der Waals surface area contributed by atoms with Crippen molar-refractivity contribution in [2.45, 2.75) is 26.3 Å². The van der Waals surface area contributed by atoms with Crippen molar-refractivity contribution in [3.05, 3.63) is 71.7 Å². The van der Waals surface area contributed by atoms with Gasteiger partial charge in [-0.15, -0.1) is 0 Å². The highest BCUT2D eigenvalue weighted by Gasteiger charge is 2.25. The van der Waals surface area contributed by atoms with Crippen molar-refractivity contribution in [2.75, 3.05) is 13.1 Å². The molecule has 0 saturated heterocycles. The first-order chi connectivity index (χ1) is 11.2. The van der Waals surface area contributed by atoms with Crippen LogP contribution in [0.1, 0.15) is 25.0 Å². The Balaban J connectivity index is 1.70. The normalized spacial score (nSPS) is 15.4. The number of pyridine rings is 1. The second-order valence-electron chi connectivity index (χ2n) is 5.97. The lowest BCUT2D eigenvalue weighted by Crippen LogP contribution is -2.27. The van der Waals surface area contributed by atoms with Crippen LogP contribution in [0, 0.1) is 0 Å².